The van der Waals surface area contributed by atoms with Crippen LogP contribution >= 0.6 is 0 Å². The Bertz CT molecular complexity index is 840. The first-order valence-corrected chi connectivity index (χ1v) is 8.77. The molecule has 4 heterocycles. The lowest BCUT2D eigenvalue weighted by Gasteiger charge is -2.38. The van der Waals surface area contributed by atoms with Gasteiger partial charge >= 0.3 is 6.03 Å². The molecule has 2 saturated heterocycles. The highest BCUT2D eigenvalue weighted by atomic mass is 16.5. The summed E-state index contributed by atoms with van der Waals surface area (Å²) >= 11 is 0. The van der Waals surface area contributed by atoms with Crippen LogP contribution < -0.4 is 5.32 Å². The van der Waals surface area contributed by atoms with Crippen molar-refractivity contribution in [1.29, 1.82) is 0 Å². The molecule has 142 valence electrons. The van der Waals surface area contributed by atoms with Gasteiger partial charge in [0.05, 0.1) is 19.6 Å². The fourth-order valence-corrected chi connectivity index (χ4v) is 3.43. The number of aromatic amines is 1. The minimum Gasteiger partial charge on any atom is -0.361 e. The lowest BCUT2D eigenvalue weighted by molar-refractivity contribution is -0.158. The summed E-state index contributed by atoms with van der Waals surface area (Å²) in [6.07, 6.45) is 4.07. The van der Waals surface area contributed by atoms with Crippen molar-refractivity contribution in [3.63, 3.8) is 0 Å². The van der Waals surface area contributed by atoms with Crippen LogP contribution in [0.1, 0.15) is 12.2 Å². The molecule has 0 radical (unpaired) electrons. The molecule has 0 aromatic carbocycles. The number of rotatable bonds is 3. The summed E-state index contributed by atoms with van der Waals surface area (Å²) in [4.78, 5) is 35.8. The molecule has 3 amide bonds. The fourth-order valence-electron chi connectivity index (χ4n) is 3.43. The van der Waals surface area contributed by atoms with Gasteiger partial charge in [-0.3, -0.25) is 14.9 Å². The number of hydrogen-bond donors (Lipinski definition) is 2. The van der Waals surface area contributed by atoms with Gasteiger partial charge < -0.3 is 19.9 Å². The summed E-state index contributed by atoms with van der Waals surface area (Å²) in [5.41, 5.74) is 0.397. The molecule has 0 unspecified atom stereocenters. The number of amides is 3. The lowest BCUT2D eigenvalue weighted by Crippen LogP contribution is -2.55. The van der Waals surface area contributed by atoms with Gasteiger partial charge in [0.25, 0.3) is 0 Å². The van der Waals surface area contributed by atoms with Crippen molar-refractivity contribution in [2.45, 2.75) is 18.6 Å². The summed E-state index contributed by atoms with van der Waals surface area (Å²) in [7, 11) is 1.76. The Morgan fingerprint density at radius 3 is 2.96 bits per heavy atom. The number of pyridine rings is 1. The number of morpholine rings is 1. The Balaban J connectivity index is 1.32. The number of likely N-dealkylation sites (tertiary alicyclic amines) is 1. The number of ether oxygens (including phenoxy) is 1. The van der Waals surface area contributed by atoms with Gasteiger partial charge in [0, 0.05) is 31.5 Å². The van der Waals surface area contributed by atoms with Gasteiger partial charge in [-0.2, -0.15) is 5.10 Å². The van der Waals surface area contributed by atoms with Crippen LogP contribution in [-0.4, -0.2) is 80.8 Å². The summed E-state index contributed by atoms with van der Waals surface area (Å²) in [5, 5.41) is 9.85. The third kappa shape index (κ3) is 3.61. The summed E-state index contributed by atoms with van der Waals surface area (Å²) in [5.74, 6) is 1.10. The third-order valence-electron chi connectivity index (χ3n) is 4.93. The van der Waals surface area contributed by atoms with Gasteiger partial charge in [0.15, 0.2) is 5.82 Å². The first-order valence-electron chi connectivity index (χ1n) is 8.77. The number of nitrogens with zero attached hydrogens (tertiary/aromatic N) is 5. The van der Waals surface area contributed by atoms with Gasteiger partial charge in [-0.05, 0) is 18.6 Å². The molecule has 0 bridgehead atoms. The number of nitrogens with one attached hydrogen (secondary N) is 2. The SMILES string of the molecule is CN1C[C@]2(CCN(C(=O)NCc3nc(-c4ccncc4)n[nH]3)C2)OCC1=O. The molecule has 0 saturated carbocycles. The Kier molecular flexibility index (Phi) is 4.48. The van der Waals surface area contributed by atoms with Crippen molar-refractivity contribution >= 4 is 11.9 Å². The highest BCUT2D eigenvalue weighted by Gasteiger charge is 2.45. The van der Waals surface area contributed by atoms with Crippen molar-refractivity contribution in [3.8, 4) is 11.4 Å². The molecule has 1 spiro atoms. The average Bonchev–Trinajstić information content (AvgIpc) is 3.32. The second kappa shape index (κ2) is 6.95. The fraction of sp³-hybridized carbons (Fsp3) is 0.471. The predicted molar refractivity (Wildman–Crippen MR) is 94.4 cm³/mol. The van der Waals surface area contributed by atoms with Crippen molar-refractivity contribution < 1.29 is 14.3 Å². The molecule has 1 atom stereocenters. The van der Waals surface area contributed by atoms with Gasteiger partial charge in [-0.15, -0.1) is 0 Å². The minimum atomic E-state index is -0.458. The van der Waals surface area contributed by atoms with E-state index in [0.29, 0.717) is 37.7 Å². The standard InChI is InChI=1S/C17H21N7O3/c1-23-10-17(27-9-14(23)25)4-7-24(11-17)16(26)19-8-13-20-15(22-21-13)12-2-5-18-6-3-12/h2-3,5-6H,4,7-11H2,1H3,(H,19,26)(H,20,21,22)/t17-/m0/s1. The summed E-state index contributed by atoms with van der Waals surface area (Å²) in [6.45, 7) is 1.89. The second-order valence-electron chi connectivity index (χ2n) is 6.89. The van der Waals surface area contributed by atoms with Gasteiger partial charge in [-0.1, -0.05) is 0 Å². The maximum absolute atomic E-state index is 12.5. The first-order chi connectivity index (χ1) is 13.0. The maximum atomic E-state index is 12.5. The van der Waals surface area contributed by atoms with E-state index in [4.69, 9.17) is 4.74 Å². The molecule has 4 rings (SSSR count). The van der Waals surface area contributed by atoms with Crippen LogP contribution in [0.15, 0.2) is 24.5 Å². The molecule has 2 fully saturated rings. The smallest absolute Gasteiger partial charge is 0.317 e. The molecular weight excluding hydrogens is 350 g/mol. The van der Waals surface area contributed by atoms with Crippen LogP contribution in [0.4, 0.5) is 4.79 Å². The molecule has 2 aliphatic rings. The van der Waals surface area contributed by atoms with Crippen molar-refractivity contribution in [1.82, 2.24) is 35.3 Å². The Morgan fingerprint density at radius 1 is 1.37 bits per heavy atom. The molecule has 2 aromatic rings. The highest BCUT2D eigenvalue weighted by molar-refractivity contribution is 5.78. The number of carbonyl (C=O) groups excluding carboxylic acids is 2. The Morgan fingerprint density at radius 2 is 2.19 bits per heavy atom. The number of hydrogen-bond acceptors (Lipinski definition) is 6. The molecule has 27 heavy (non-hydrogen) atoms. The van der Waals surface area contributed by atoms with Gasteiger partial charge in [0.2, 0.25) is 5.91 Å². The highest BCUT2D eigenvalue weighted by Crippen LogP contribution is 2.29. The lowest BCUT2D eigenvalue weighted by atomic mass is 10.0. The number of aromatic nitrogens is 4. The van der Waals surface area contributed by atoms with Crippen molar-refractivity contribution in [2.24, 2.45) is 0 Å². The summed E-state index contributed by atoms with van der Waals surface area (Å²) < 4.78 is 5.76. The Hall–Kier alpha value is -3.01. The van der Waals surface area contributed by atoms with Crippen LogP contribution in [0.2, 0.25) is 0 Å². The third-order valence-corrected chi connectivity index (χ3v) is 4.93. The molecule has 0 aliphatic carbocycles. The Labute approximate surface area is 155 Å². The number of carbonyl (C=O) groups is 2. The van der Waals surface area contributed by atoms with E-state index in [9.17, 15) is 9.59 Å². The molecule has 2 aromatic heterocycles. The number of H-pyrrole nitrogens is 1. The summed E-state index contributed by atoms with van der Waals surface area (Å²) in [6, 6.07) is 3.46. The van der Waals surface area contributed by atoms with E-state index >= 15 is 0 Å². The molecule has 10 nitrogen and oxygen atoms in total. The molecule has 2 N–H and O–H groups in total. The van der Waals surface area contributed by atoms with E-state index in [1.165, 1.54) is 0 Å². The van der Waals surface area contributed by atoms with E-state index in [1.807, 2.05) is 12.1 Å². The van der Waals surface area contributed by atoms with Crippen LogP contribution in [0.25, 0.3) is 11.4 Å². The monoisotopic (exact) mass is 371 g/mol. The van der Waals surface area contributed by atoms with Crippen molar-refractivity contribution in [3.05, 3.63) is 30.4 Å². The van der Waals surface area contributed by atoms with Gasteiger partial charge in [-0.25, -0.2) is 9.78 Å². The first kappa shape index (κ1) is 17.4. The molecule has 2 aliphatic heterocycles. The van der Waals surface area contributed by atoms with Crippen molar-refractivity contribution in [2.75, 3.05) is 33.3 Å². The van der Waals surface area contributed by atoms with E-state index in [2.05, 4.69) is 25.5 Å². The van der Waals surface area contributed by atoms with E-state index in [-0.39, 0.29) is 25.1 Å². The van der Waals surface area contributed by atoms with Crippen LogP contribution in [0.5, 0.6) is 0 Å². The van der Waals surface area contributed by atoms with Crippen LogP contribution in [0.3, 0.4) is 0 Å². The zero-order valence-electron chi connectivity index (χ0n) is 15.0. The molecular formula is C17H21N7O3. The van der Waals surface area contributed by atoms with Gasteiger partial charge in [0.1, 0.15) is 18.0 Å². The largest absolute Gasteiger partial charge is 0.361 e. The minimum absolute atomic E-state index is 0.0288. The normalized spacial score (nSPS) is 22.5. The topological polar surface area (TPSA) is 116 Å². The number of urea groups is 1. The zero-order valence-corrected chi connectivity index (χ0v) is 15.0. The maximum Gasteiger partial charge on any atom is 0.317 e. The second-order valence-corrected chi connectivity index (χ2v) is 6.89. The quantitative estimate of drug-likeness (QED) is 0.785. The van der Waals surface area contributed by atoms with E-state index in [1.54, 1.807) is 29.2 Å². The number of likely N-dealkylation sites (N-methyl/N-ethyl adjacent to an activating group) is 1. The molecule has 10 heteroatoms. The zero-order chi connectivity index (χ0) is 18.9. The van der Waals surface area contributed by atoms with E-state index < -0.39 is 5.60 Å². The van der Waals surface area contributed by atoms with Crippen LogP contribution in [-0.2, 0) is 16.1 Å². The van der Waals surface area contributed by atoms with E-state index in [0.717, 1.165) is 5.56 Å². The predicted octanol–water partition coefficient (Wildman–Crippen LogP) is 0.00940. The average molecular weight is 371 g/mol. The van der Waals surface area contributed by atoms with Crippen LogP contribution in [0, 0.1) is 0 Å².